The van der Waals surface area contributed by atoms with Crippen molar-refractivity contribution in [1.29, 1.82) is 0 Å². The maximum atomic E-state index is 11.7. The number of rotatable bonds is 5. The number of benzene rings is 1. The fourth-order valence-corrected chi connectivity index (χ4v) is 3.37. The normalized spacial score (nSPS) is 17.9. The van der Waals surface area contributed by atoms with Crippen LogP contribution in [0.25, 0.3) is 10.1 Å². The van der Waals surface area contributed by atoms with Crippen LogP contribution in [0.5, 0.6) is 0 Å². The highest BCUT2D eigenvalue weighted by molar-refractivity contribution is 7.19. The lowest BCUT2D eigenvalue weighted by Crippen LogP contribution is -2.38. The minimum Gasteiger partial charge on any atom is -0.383 e. The van der Waals surface area contributed by atoms with Crippen molar-refractivity contribution in [3.05, 3.63) is 35.2 Å². The van der Waals surface area contributed by atoms with Gasteiger partial charge in [0, 0.05) is 16.0 Å². The first-order valence-electron chi connectivity index (χ1n) is 7.03. The maximum absolute atomic E-state index is 11.7. The molecule has 0 spiro atoms. The van der Waals surface area contributed by atoms with E-state index in [4.69, 9.17) is 0 Å². The zero-order valence-electron chi connectivity index (χ0n) is 11.6. The highest BCUT2D eigenvalue weighted by Crippen LogP contribution is 2.34. The number of thiophene rings is 1. The predicted octanol–water partition coefficient (Wildman–Crippen LogP) is 3.03. The Bertz CT molecular complexity index is 595. The molecule has 1 fully saturated rings. The van der Waals surface area contributed by atoms with E-state index in [1.54, 1.807) is 18.3 Å². The number of hydrogen-bond acceptors (Lipinski definition) is 3. The summed E-state index contributed by atoms with van der Waals surface area (Å²) >= 11 is 1.58. The standard InChI is InChI=1S/C16H19NO2S/c1-16(19,10-17-15(18)8-11-6-7-11)14-9-12-4-2-3-5-13(12)20-14/h2-5,9,11,19H,6-8,10H2,1H3,(H,17,18). The smallest absolute Gasteiger partial charge is 0.220 e. The molecule has 1 aromatic carbocycles. The molecular weight excluding hydrogens is 270 g/mol. The molecule has 1 aliphatic rings. The summed E-state index contributed by atoms with van der Waals surface area (Å²) in [7, 11) is 0. The van der Waals surface area contributed by atoms with E-state index in [1.807, 2.05) is 30.3 Å². The molecule has 1 heterocycles. The van der Waals surface area contributed by atoms with Crippen LogP contribution in [0, 0.1) is 5.92 Å². The number of hydrogen-bond donors (Lipinski definition) is 2. The van der Waals surface area contributed by atoms with Crippen molar-refractivity contribution in [3.8, 4) is 0 Å². The molecule has 1 aliphatic carbocycles. The van der Waals surface area contributed by atoms with Gasteiger partial charge in [0.25, 0.3) is 0 Å². The van der Waals surface area contributed by atoms with E-state index in [2.05, 4.69) is 5.32 Å². The van der Waals surface area contributed by atoms with Crippen molar-refractivity contribution >= 4 is 27.3 Å². The number of fused-ring (bicyclic) bond motifs is 1. The van der Waals surface area contributed by atoms with Gasteiger partial charge in [-0.1, -0.05) is 18.2 Å². The minimum atomic E-state index is -1.01. The fraction of sp³-hybridized carbons (Fsp3) is 0.438. The van der Waals surface area contributed by atoms with Crippen molar-refractivity contribution in [3.63, 3.8) is 0 Å². The first kappa shape index (κ1) is 13.6. The quantitative estimate of drug-likeness (QED) is 0.889. The highest BCUT2D eigenvalue weighted by Gasteiger charge is 2.28. The van der Waals surface area contributed by atoms with E-state index >= 15 is 0 Å². The van der Waals surface area contributed by atoms with Gasteiger partial charge in [0.1, 0.15) is 5.60 Å². The van der Waals surface area contributed by atoms with Gasteiger partial charge in [-0.3, -0.25) is 4.79 Å². The maximum Gasteiger partial charge on any atom is 0.220 e. The Kier molecular flexibility index (Phi) is 3.52. The van der Waals surface area contributed by atoms with Crippen molar-refractivity contribution in [2.75, 3.05) is 6.54 Å². The van der Waals surface area contributed by atoms with Gasteiger partial charge in [0.05, 0.1) is 6.54 Å². The number of amides is 1. The lowest BCUT2D eigenvalue weighted by molar-refractivity contribution is -0.122. The summed E-state index contributed by atoms with van der Waals surface area (Å²) in [4.78, 5) is 12.6. The molecule has 0 radical (unpaired) electrons. The zero-order valence-corrected chi connectivity index (χ0v) is 12.4. The molecule has 20 heavy (non-hydrogen) atoms. The van der Waals surface area contributed by atoms with E-state index in [-0.39, 0.29) is 12.5 Å². The molecule has 1 unspecified atom stereocenters. The van der Waals surface area contributed by atoms with Crippen molar-refractivity contribution in [1.82, 2.24) is 5.32 Å². The first-order valence-corrected chi connectivity index (χ1v) is 7.84. The Labute approximate surface area is 122 Å². The van der Waals surface area contributed by atoms with Crippen LogP contribution >= 0.6 is 11.3 Å². The van der Waals surface area contributed by atoms with Crippen molar-refractivity contribution in [2.24, 2.45) is 5.92 Å². The molecule has 0 aliphatic heterocycles. The molecule has 3 nitrogen and oxygen atoms in total. The minimum absolute atomic E-state index is 0.0499. The van der Waals surface area contributed by atoms with Crippen LogP contribution in [-0.4, -0.2) is 17.6 Å². The van der Waals surface area contributed by atoms with Crippen LogP contribution in [0.3, 0.4) is 0 Å². The third kappa shape index (κ3) is 3.02. The van der Waals surface area contributed by atoms with E-state index in [0.717, 1.165) is 15.0 Å². The monoisotopic (exact) mass is 289 g/mol. The average Bonchev–Trinajstić information content (AvgIpc) is 3.11. The summed E-state index contributed by atoms with van der Waals surface area (Å²) in [6, 6.07) is 10.1. The van der Waals surface area contributed by atoms with E-state index in [0.29, 0.717) is 12.3 Å². The van der Waals surface area contributed by atoms with Gasteiger partial charge in [-0.25, -0.2) is 0 Å². The number of aliphatic hydroxyl groups is 1. The SMILES string of the molecule is CC(O)(CNC(=O)CC1CC1)c1cc2ccccc2s1. The summed E-state index contributed by atoms with van der Waals surface area (Å²) in [6.45, 7) is 2.03. The van der Waals surface area contributed by atoms with Crippen molar-refractivity contribution < 1.29 is 9.90 Å². The van der Waals surface area contributed by atoms with Crippen LogP contribution in [-0.2, 0) is 10.4 Å². The summed E-state index contributed by atoms with van der Waals surface area (Å²) in [5, 5.41) is 14.6. The van der Waals surface area contributed by atoms with Crippen LogP contribution < -0.4 is 5.32 Å². The second-order valence-corrected chi connectivity index (χ2v) is 6.93. The molecule has 1 amide bonds. The number of carbonyl (C=O) groups is 1. The Hall–Kier alpha value is -1.39. The molecule has 3 rings (SSSR count). The Morgan fingerprint density at radius 2 is 2.20 bits per heavy atom. The Balaban J connectivity index is 1.68. The van der Waals surface area contributed by atoms with Gasteiger partial charge in [-0.15, -0.1) is 11.3 Å². The molecule has 1 saturated carbocycles. The molecule has 2 N–H and O–H groups in total. The molecule has 1 atom stereocenters. The molecule has 106 valence electrons. The lowest BCUT2D eigenvalue weighted by atomic mass is 10.0. The van der Waals surface area contributed by atoms with Crippen molar-refractivity contribution in [2.45, 2.75) is 31.8 Å². The lowest BCUT2D eigenvalue weighted by Gasteiger charge is -2.22. The van der Waals surface area contributed by atoms with Gasteiger partial charge in [-0.2, -0.15) is 0 Å². The van der Waals surface area contributed by atoms with E-state index < -0.39 is 5.60 Å². The fourth-order valence-electron chi connectivity index (χ4n) is 2.26. The second kappa shape index (κ2) is 5.19. The van der Waals surface area contributed by atoms with E-state index in [1.165, 1.54) is 12.8 Å². The molecule has 4 heteroatoms. The summed E-state index contributed by atoms with van der Waals surface area (Å²) in [5.74, 6) is 0.623. The topological polar surface area (TPSA) is 49.3 Å². The van der Waals surface area contributed by atoms with Gasteiger partial charge in [-0.05, 0) is 43.2 Å². The van der Waals surface area contributed by atoms with Crippen LogP contribution in [0.1, 0.15) is 31.1 Å². The molecular formula is C16H19NO2S. The third-order valence-electron chi connectivity index (χ3n) is 3.76. The molecule has 0 saturated heterocycles. The Morgan fingerprint density at radius 3 is 2.90 bits per heavy atom. The van der Waals surface area contributed by atoms with Gasteiger partial charge < -0.3 is 10.4 Å². The highest BCUT2D eigenvalue weighted by atomic mass is 32.1. The van der Waals surface area contributed by atoms with Gasteiger partial charge >= 0.3 is 0 Å². The summed E-state index contributed by atoms with van der Waals surface area (Å²) in [6.07, 6.45) is 2.93. The number of nitrogens with one attached hydrogen (secondary N) is 1. The average molecular weight is 289 g/mol. The summed E-state index contributed by atoms with van der Waals surface area (Å²) < 4.78 is 1.16. The summed E-state index contributed by atoms with van der Waals surface area (Å²) in [5.41, 5.74) is -1.01. The van der Waals surface area contributed by atoms with Gasteiger partial charge in [0.15, 0.2) is 0 Å². The molecule has 0 bridgehead atoms. The van der Waals surface area contributed by atoms with Crippen LogP contribution in [0.4, 0.5) is 0 Å². The molecule has 1 aromatic heterocycles. The van der Waals surface area contributed by atoms with Crippen LogP contribution in [0.2, 0.25) is 0 Å². The zero-order chi connectivity index (χ0) is 14.2. The molecule has 2 aromatic rings. The largest absolute Gasteiger partial charge is 0.383 e. The number of carbonyl (C=O) groups excluding carboxylic acids is 1. The Morgan fingerprint density at radius 1 is 1.45 bits per heavy atom. The predicted molar refractivity (Wildman–Crippen MR) is 81.7 cm³/mol. The van der Waals surface area contributed by atoms with Crippen LogP contribution in [0.15, 0.2) is 30.3 Å². The van der Waals surface area contributed by atoms with E-state index in [9.17, 15) is 9.90 Å². The second-order valence-electron chi connectivity index (χ2n) is 5.85. The van der Waals surface area contributed by atoms with Gasteiger partial charge in [0.2, 0.25) is 5.91 Å². The third-order valence-corrected chi connectivity index (χ3v) is 5.13. The first-order chi connectivity index (χ1) is 9.54.